The molecule has 7 nitrogen and oxygen atoms in total. The fourth-order valence-electron chi connectivity index (χ4n) is 2.12. The van der Waals surface area contributed by atoms with Crippen LogP contribution in [0, 0.1) is 5.82 Å². The van der Waals surface area contributed by atoms with E-state index < -0.39 is 27.8 Å². The third kappa shape index (κ3) is 4.70. The Labute approximate surface area is 151 Å². The van der Waals surface area contributed by atoms with Crippen molar-refractivity contribution < 1.29 is 27.1 Å². The molecule has 0 spiro atoms. The molecule has 2 rings (SSSR count). The monoisotopic (exact) mass is 382 g/mol. The Bertz CT molecular complexity index is 885. The molecule has 0 fully saturated rings. The molecule has 2 N–H and O–H groups in total. The second-order valence-corrected chi connectivity index (χ2v) is 7.07. The lowest BCUT2D eigenvalue weighted by Crippen LogP contribution is -2.41. The molecule has 0 aliphatic heterocycles. The van der Waals surface area contributed by atoms with Crippen molar-refractivity contribution in [2.75, 3.05) is 19.5 Å². The van der Waals surface area contributed by atoms with Gasteiger partial charge < -0.3 is 14.8 Å². The Morgan fingerprint density at radius 3 is 2.31 bits per heavy atom. The minimum atomic E-state index is -3.98. The second kappa shape index (κ2) is 8.15. The fraction of sp³-hybridized carbons (Fsp3) is 0.235. The van der Waals surface area contributed by atoms with Crippen molar-refractivity contribution in [2.24, 2.45) is 0 Å². The van der Waals surface area contributed by atoms with E-state index in [9.17, 15) is 17.6 Å². The molecule has 0 saturated heterocycles. The maximum absolute atomic E-state index is 12.9. The van der Waals surface area contributed by atoms with Crippen LogP contribution in [-0.2, 0) is 14.8 Å². The zero-order valence-electron chi connectivity index (χ0n) is 14.4. The number of halogens is 1. The van der Waals surface area contributed by atoms with E-state index in [0.29, 0.717) is 17.2 Å². The van der Waals surface area contributed by atoms with Gasteiger partial charge in [-0.3, -0.25) is 4.79 Å². The molecule has 2 aromatic rings. The van der Waals surface area contributed by atoms with Crippen molar-refractivity contribution in [3.8, 4) is 11.5 Å². The summed E-state index contributed by atoms with van der Waals surface area (Å²) < 4.78 is 50.0. The molecule has 1 atom stereocenters. The Balaban J connectivity index is 2.14. The average molecular weight is 382 g/mol. The molecule has 0 saturated carbocycles. The molecule has 26 heavy (non-hydrogen) atoms. The van der Waals surface area contributed by atoms with E-state index in [1.165, 1.54) is 21.1 Å². The summed E-state index contributed by atoms with van der Waals surface area (Å²) in [6.07, 6.45) is 0. The normalized spacial score (nSPS) is 12.3. The van der Waals surface area contributed by atoms with Gasteiger partial charge in [0, 0.05) is 6.07 Å². The lowest BCUT2D eigenvalue weighted by Gasteiger charge is -2.16. The van der Waals surface area contributed by atoms with Crippen molar-refractivity contribution in [3.63, 3.8) is 0 Å². The van der Waals surface area contributed by atoms with E-state index >= 15 is 0 Å². The van der Waals surface area contributed by atoms with Crippen molar-refractivity contribution in [1.82, 2.24) is 4.72 Å². The molecule has 9 heteroatoms. The molecule has 0 heterocycles. The van der Waals surface area contributed by atoms with Gasteiger partial charge in [0.15, 0.2) is 0 Å². The Kier molecular flexibility index (Phi) is 6.17. The van der Waals surface area contributed by atoms with E-state index in [1.54, 1.807) is 18.2 Å². The smallest absolute Gasteiger partial charge is 0.242 e. The van der Waals surface area contributed by atoms with Crippen LogP contribution in [0.2, 0.25) is 0 Å². The molecule has 140 valence electrons. The maximum atomic E-state index is 12.9. The third-order valence-electron chi connectivity index (χ3n) is 3.51. The molecule has 1 amide bonds. The summed E-state index contributed by atoms with van der Waals surface area (Å²) in [6.45, 7) is 1.39. The van der Waals surface area contributed by atoms with Crippen molar-refractivity contribution in [1.29, 1.82) is 0 Å². The second-order valence-electron chi connectivity index (χ2n) is 5.35. The molecule has 2 aromatic carbocycles. The third-order valence-corrected chi connectivity index (χ3v) is 5.07. The molecule has 0 bridgehead atoms. The van der Waals surface area contributed by atoms with E-state index in [2.05, 4.69) is 10.0 Å². The topological polar surface area (TPSA) is 93.7 Å². The minimum absolute atomic E-state index is 0.141. The predicted octanol–water partition coefficient (Wildman–Crippen LogP) is 2.15. The summed E-state index contributed by atoms with van der Waals surface area (Å²) in [7, 11) is -1.05. The number of methoxy groups -OCH3 is 2. The van der Waals surface area contributed by atoms with Crippen LogP contribution in [0.3, 0.4) is 0 Å². The average Bonchev–Trinajstić information content (AvgIpc) is 2.61. The lowest BCUT2D eigenvalue weighted by molar-refractivity contribution is -0.117. The number of hydrogen-bond donors (Lipinski definition) is 2. The molecule has 0 aliphatic carbocycles. The summed E-state index contributed by atoms with van der Waals surface area (Å²) >= 11 is 0. The largest absolute Gasteiger partial charge is 0.497 e. The van der Waals surface area contributed by atoms with Crippen LogP contribution in [0.1, 0.15) is 6.92 Å². The van der Waals surface area contributed by atoms with Gasteiger partial charge in [-0.2, -0.15) is 4.72 Å². The number of carbonyl (C=O) groups excluding carboxylic acids is 1. The van der Waals surface area contributed by atoms with Crippen LogP contribution in [0.15, 0.2) is 47.4 Å². The number of sulfonamides is 1. The van der Waals surface area contributed by atoms with E-state index in [1.807, 2.05) is 0 Å². The SMILES string of the molecule is COc1ccc(OC)c(NC(=O)[C@@H](C)NS(=O)(=O)c2ccc(F)cc2)c1. The highest BCUT2D eigenvalue weighted by molar-refractivity contribution is 7.89. The van der Waals surface area contributed by atoms with Gasteiger partial charge in [0.1, 0.15) is 17.3 Å². The zero-order valence-corrected chi connectivity index (χ0v) is 15.3. The fourth-order valence-corrected chi connectivity index (χ4v) is 3.32. The van der Waals surface area contributed by atoms with Gasteiger partial charge in [0.05, 0.1) is 30.8 Å². The van der Waals surface area contributed by atoms with Gasteiger partial charge in [0.2, 0.25) is 15.9 Å². The minimum Gasteiger partial charge on any atom is -0.497 e. The first-order valence-corrected chi connectivity index (χ1v) is 9.06. The predicted molar refractivity (Wildman–Crippen MR) is 94.4 cm³/mol. The molecular weight excluding hydrogens is 363 g/mol. The summed E-state index contributed by atoms with van der Waals surface area (Å²) in [5.41, 5.74) is 0.338. The Morgan fingerprint density at radius 1 is 1.08 bits per heavy atom. The van der Waals surface area contributed by atoms with Crippen LogP contribution in [0.5, 0.6) is 11.5 Å². The summed E-state index contributed by atoms with van der Waals surface area (Å²) in [4.78, 5) is 12.2. The van der Waals surface area contributed by atoms with Gasteiger partial charge in [-0.15, -0.1) is 0 Å². The van der Waals surface area contributed by atoms with Crippen LogP contribution in [0.25, 0.3) is 0 Å². The van der Waals surface area contributed by atoms with E-state index in [4.69, 9.17) is 9.47 Å². The molecule has 0 unspecified atom stereocenters. The Hall–Kier alpha value is -2.65. The van der Waals surface area contributed by atoms with Crippen molar-refractivity contribution in [2.45, 2.75) is 17.9 Å². The molecule has 0 aliphatic rings. The van der Waals surface area contributed by atoms with Gasteiger partial charge >= 0.3 is 0 Å². The highest BCUT2D eigenvalue weighted by Gasteiger charge is 2.23. The number of carbonyl (C=O) groups is 1. The number of ether oxygens (including phenoxy) is 2. The zero-order chi connectivity index (χ0) is 19.3. The lowest BCUT2D eigenvalue weighted by atomic mass is 10.2. The number of amides is 1. The highest BCUT2D eigenvalue weighted by atomic mass is 32.2. The van der Waals surface area contributed by atoms with Crippen molar-refractivity contribution >= 4 is 21.6 Å². The number of hydrogen-bond acceptors (Lipinski definition) is 5. The highest BCUT2D eigenvalue weighted by Crippen LogP contribution is 2.29. The first-order chi connectivity index (χ1) is 12.3. The van der Waals surface area contributed by atoms with Crippen LogP contribution < -0.4 is 19.5 Å². The van der Waals surface area contributed by atoms with Gasteiger partial charge in [-0.25, -0.2) is 12.8 Å². The van der Waals surface area contributed by atoms with Crippen LogP contribution >= 0.6 is 0 Å². The van der Waals surface area contributed by atoms with Gasteiger partial charge in [-0.1, -0.05) is 0 Å². The standard InChI is InChI=1S/C17H19FN2O5S/c1-11(20-26(22,23)14-7-4-12(18)5-8-14)17(21)19-15-10-13(24-2)6-9-16(15)25-3/h4-11,20H,1-3H3,(H,19,21)/t11-/m1/s1. The number of benzene rings is 2. The first kappa shape index (κ1) is 19.7. The maximum Gasteiger partial charge on any atom is 0.242 e. The van der Waals surface area contributed by atoms with Crippen LogP contribution in [0.4, 0.5) is 10.1 Å². The van der Waals surface area contributed by atoms with Crippen LogP contribution in [-0.4, -0.2) is 34.6 Å². The molecule has 0 aromatic heterocycles. The quantitative estimate of drug-likeness (QED) is 0.765. The number of anilines is 1. The number of nitrogens with one attached hydrogen (secondary N) is 2. The summed E-state index contributed by atoms with van der Waals surface area (Å²) in [5, 5.41) is 2.59. The van der Waals surface area contributed by atoms with E-state index in [0.717, 1.165) is 24.3 Å². The number of rotatable bonds is 7. The van der Waals surface area contributed by atoms with E-state index in [-0.39, 0.29) is 4.90 Å². The van der Waals surface area contributed by atoms with Gasteiger partial charge in [0.25, 0.3) is 0 Å². The van der Waals surface area contributed by atoms with Crippen molar-refractivity contribution in [3.05, 3.63) is 48.3 Å². The summed E-state index contributed by atoms with van der Waals surface area (Å²) in [5.74, 6) is -0.254. The summed E-state index contributed by atoms with van der Waals surface area (Å²) in [6, 6.07) is 8.04. The molecular formula is C17H19FN2O5S. The Morgan fingerprint density at radius 2 is 1.73 bits per heavy atom. The van der Waals surface area contributed by atoms with Gasteiger partial charge in [-0.05, 0) is 43.3 Å². The first-order valence-electron chi connectivity index (χ1n) is 7.57. The molecule has 0 radical (unpaired) electrons.